The van der Waals surface area contributed by atoms with Gasteiger partial charge in [-0.05, 0) is 30.5 Å². The fourth-order valence-electron chi connectivity index (χ4n) is 2.15. The van der Waals surface area contributed by atoms with Crippen LogP contribution in [0.15, 0.2) is 36.4 Å². The van der Waals surface area contributed by atoms with Crippen molar-refractivity contribution in [2.75, 3.05) is 0 Å². The SMILES string of the molecule is CCc1sc(C(=O)N[C@@H](C(N)=O)c2ccccc2)cc1C. The summed E-state index contributed by atoms with van der Waals surface area (Å²) in [4.78, 5) is 25.7. The lowest BCUT2D eigenvalue weighted by Crippen LogP contribution is -2.37. The van der Waals surface area contributed by atoms with E-state index < -0.39 is 11.9 Å². The van der Waals surface area contributed by atoms with Crippen molar-refractivity contribution in [3.8, 4) is 0 Å². The Morgan fingerprint density at radius 1 is 1.29 bits per heavy atom. The van der Waals surface area contributed by atoms with Crippen molar-refractivity contribution in [2.24, 2.45) is 5.73 Å². The van der Waals surface area contributed by atoms with E-state index in [4.69, 9.17) is 5.73 Å². The van der Waals surface area contributed by atoms with Crippen LogP contribution in [0.1, 0.15) is 38.6 Å². The van der Waals surface area contributed by atoms with Gasteiger partial charge in [0, 0.05) is 4.88 Å². The van der Waals surface area contributed by atoms with E-state index >= 15 is 0 Å². The van der Waals surface area contributed by atoms with E-state index in [1.807, 2.05) is 31.2 Å². The van der Waals surface area contributed by atoms with Crippen molar-refractivity contribution in [2.45, 2.75) is 26.3 Å². The zero-order valence-electron chi connectivity index (χ0n) is 12.1. The minimum atomic E-state index is -0.814. The molecule has 0 saturated carbocycles. The van der Waals surface area contributed by atoms with Crippen molar-refractivity contribution in [1.82, 2.24) is 5.32 Å². The summed E-state index contributed by atoms with van der Waals surface area (Å²) in [6.45, 7) is 4.03. The fourth-order valence-corrected chi connectivity index (χ4v) is 3.17. The average Bonchev–Trinajstić information content (AvgIpc) is 2.86. The molecule has 0 bridgehead atoms. The van der Waals surface area contributed by atoms with Crippen LogP contribution in [0.4, 0.5) is 0 Å². The van der Waals surface area contributed by atoms with Crippen molar-refractivity contribution < 1.29 is 9.59 Å². The molecule has 0 aliphatic rings. The molecule has 1 aromatic carbocycles. The van der Waals surface area contributed by atoms with Gasteiger partial charge in [0.1, 0.15) is 6.04 Å². The quantitative estimate of drug-likeness (QED) is 0.891. The number of carbonyl (C=O) groups excluding carboxylic acids is 2. The Labute approximate surface area is 128 Å². The summed E-state index contributed by atoms with van der Waals surface area (Å²) in [5.74, 6) is -0.839. The third-order valence-electron chi connectivity index (χ3n) is 3.26. The van der Waals surface area contributed by atoms with Gasteiger partial charge in [-0.1, -0.05) is 37.3 Å². The standard InChI is InChI=1S/C16H18N2O2S/c1-3-12-10(2)9-13(21-12)16(20)18-14(15(17)19)11-7-5-4-6-8-11/h4-9,14H,3H2,1-2H3,(H2,17,19)(H,18,20)/t14-/m1/s1. The number of hydrogen-bond donors (Lipinski definition) is 2. The summed E-state index contributed by atoms with van der Waals surface area (Å²) < 4.78 is 0. The van der Waals surface area contributed by atoms with E-state index in [2.05, 4.69) is 12.2 Å². The Morgan fingerprint density at radius 3 is 2.48 bits per heavy atom. The van der Waals surface area contributed by atoms with Crippen molar-refractivity contribution in [1.29, 1.82) is 0 Å². The highest BCUT2D eigenvalue weighted by molar-refractivity contribution is 7.14. The molecule has 21 heavy (non-hydrogen) atoms. The number of amides is 2. The average molecular weight is 302 g/mol. The Hall–Kier alpha value is -2.14. The Bertz CT molecular complexity index is 650. The first kappa shape index (κ1) is 15.3. The second-order valence-electron chi connectivity index (χ2n) is 4.79. The van der Waals surface area contributed by atoms with Gasteiger partial charge in [0.15, 0.2) is 0 Å². The molecule has 1 heterocycles. The summed E-state index contributed by atoms with van der Waals surface area (Å²) in [7, 11) is 0. The van der Waals surface area contributed by atoms with Gasteiger partial charge in [-0.3, -0.25) is 9.59 Å². The molecule has 3 N–H and O–H groups in total. The first-order valence-corrected chi connectivity index (χ1v) is 7.59. The molecule has 0 spiro atoms. The van der Waals surface area contributed by atoms with Gasteiger partial charge in [-0.2, -0.15) is 0 Å². The summed E-state index contributed by atoms with van der Waals surface area (Å²) >= 11 is 1.45. The van der Waals surface area contributed by atoms with Crippen LogP contribution in [0.2, 0.25) is 0 Å². The number of benzene rings is 1. The van der Waals surface area contributed by atoms with E-state index in [0.717, 1.165) is 12.0 Å². The van der Waals surface area contributed by atoms with Gasteiger partial charge in [0.25, 0.3) is 5.91 Å². The second-order valence-corrected chi connectivity index (χ2v) is 5.93. The summed E-state index contributed by atoms with van der Waals surface area (Å²) in [6.07, 6.45) is 0.891. The van der Waals surface area contributed by atoms with Crippen LogP contribution in [0.3, 0.4) is 0 Å². The second kappa shape index (κ2) is 6.54. The van der Waals surface area contributed by atoms with Gasteiger partial charge in [-0.15, -0.1) is 11.3 Å². The maximum Gasteiger partial charge on any atom is 0.262 e. The van der Waals surface area contributed by atoms with Gasteiger partial charge in [-0.25, -0.2) is 0 Å². The number of primary amides is 1. The topological polar surface area (TPSA) is 72.2 Å². The number of thiophene rings is 1. The minimum absolute atomic E-state index is 0.268. The highest BCUT2D eigenvalue weighted by Crippen LogP contribution is 2.23. The lowest BCUT2D eigenvalue weighted by atomic mass is 10.1. The molecule has 110 valence electrons. The lowest BCUT2D eigenvalue weighted by molar-refractivity contribution is -0.120. The van der Waals surface area contributed by atoms with Crippen molar-refractivity contribution in [3.63, 3.8) is 0 Å². The highest BCUT2D eigenvalue weighted by atomic mass is 32.1. The molecule has 0 unspecified atom stereocenters. The molecule has 5 heteroatoms. The third-order valence-corrected chi connectivity index (χ3v) is 4.64. The van der Waals surface area contributed by atoms with Crippen LogP contribution >= 0.6 is 11.3 Å². The maximum atomic E-state index is 12.3. The summed E-state index contributed by atoms with van der Waals surface area (Å²) in [5.41, 5.74) is 7.19. The molecule has 0 radical (unpaired) electrons. The molecule has 1 atom stereocenters. The molecular formula is C16H18N2O2S. The van der Waals surface area contributed by atoms with Crippen LogP contribution in [0.25, 0.3) is 0 Å². The number of carbonyl (C=O) groups is 2. The molecule has 0 saturated heterocycles. The number of hydrogen-bond acceptors (Lipinski definition) is 3. The molecule has 2 amide bonds. The lowest BCUT2D eigenvalue weighted by Gasteiger charge is -2.15. The predicted octanol–water partition coefficient (Wildman–Crippen LogP) is 2.58. The molecule has 4 nitrogen and oxygen atoms in total. The molecule has 0 aliphatic heterocycles. The molecule has 1 aromatic heterocycles. The molecule has 2 rings (SSSR count). The van der Waals surface area contributed by atoms with Gasteiger partial charge >= 0.3 is 0 Å². The molecular weight excluding hydrogens is 284 g/mol. The van der Waals surface area contributed by atoms with Crippen molar-refractivity contribution >= 4 is 23.2 Å². The van der Waals surface area contributed by atoms with Crippen LogP contribution in [0.5, 0.6) is 0 Å². The molecule has 0 fully saturated rings. The Balaban J connectivity index is 2.21. The monoisotopic (exact) mass is 302 g/mol. The number of rotatable bonds is 5. The highest BCUT2D eigenvalue weighted by Gasteiger charge is 2.22. The van der Waals surface area contributed by atoms with E-state index in [9.17, 15) is 9.59 Å². The minimum Gasteiger partial charge on any atom is -0.368 e. The summed E-state index contributed by atoms with van der Waals surface area (Å²) in [5, 5.41) is 2.71. The third kappa shape index (κ3) is 3.49. The fraction of sp³-hybridized carbons (Fsp3) is 0.250. The first-order valence-electron chi connectivity index (χ1n) is 6.77. The zero-order valence-corrected chi connectivity index (χ0v) is 12.9. The van der Waals surface area contributed by atoms with E-state index in [1.165, 1.54) is 16.2 Å². The normalized spacial score (nSPS) is 11.9. The van der Waals surface area contributed by atoms with Crippen LogP contribution in [-0.4, -0.2) is 11.8 Å². The Kier molecular flexibility index (Phi) is 4.75. The number of nitrogens with two attached hydrogens (primary N) is 1. The maximum absolute atomic E-state index is 12.3. The van der Waals surface area contributed by atoms with Gasteiger partial charge in [0.2, 0.25) is 5.91 Å². The Morgan fingerprint density at radius 2 is 1.95 bits per heavy atom. The predicted molar refractivity (Wildman–Crippen MR) is 84.3 cm³/mol. The number of aryl methyl sites for hydroxylation is 2. The van der Waals surface area contributed by atoms with E-state index in [0.29, 0.717) is 10.4 Å². The largest absolute Gasteiger partial charge is 0.368 e. The summed E-state index contributed by atoms with van der Waals surface area (Å²) in [6, 6.07) is 10.0. The molecule has 2 aromatic rings. The van der Waals surface area contributed by atoms with E-state index in [-0.39, 0.29) is 5.91 Å². The first-order chi connectivity index (χ1) is 10.0. The zero-order chi connectivity index (χ0) is 15.4. The number of nitrogens with one attached hydrogen (secondary N) is 1. The van der Waals surface area contributed by atoms with Gasteiger partial charge < -0.3 is 11.1 Å². The smallest absolute Gasteiger partial charge is 0.262 e. The van der Waals surface area contributed by atoms with Crippen LogP contribution < -0.4 is 11.1 Å². The molecule has 0 aliphatic carbocycles. The van der Waals surface area contributed by atoms with Gasteiger partial charge in [0.05, 0.1) is 4.88 Å². The van der Waals surface area contributed by atoms with Crippen molar-refractivity contribution in [3.05, 3.63) is 57.3 Å². The van der Waals surface area contributed by atoms with E-state index in [1.54, 1.807) is 12.1 Å². The van der Waals surface area contributed by atoms with Crippen LogP contribution in [0, 0.1) is 6.92 Å². The van der Waals surface area contributed by atoms with Crippen LogP contribution in [-0.2, 0) is 11.2 Å².